The minimum atomic E-state index is 0.514. The highest BCUT2D eigenvalue weighted by molar-refractivity contribution is 6.17. The summed E-state index contributed by atoms with van der Waals surface area (Å²) in [4.78, 5) is 8.11. The third kappa shape index (κ3) is 3.83. The van der Waals surface area contributed by atoms with Crippen molar-refractivity contribution >= 4 is 17.4 Å². The van der Waals surface area contributed by atoms with Gasteiger partial charge in [-0.25, -0.2) is 9.97 Å². The Hall–Kier alpha value is -1.07. The predicted molar refractivity (Wildman–Crippen MR) is 63.3 cm³/mol. The molecule has 5 nitrogen and oxygen atoms in total. The van der Waals surface area contributed by atoms with Crippen molar-refractivity contribution < 1.29 is 9.47 Å². The van der Waals surface area contributed by atoms with Crippen molar-refractivity contribution in [3.8, 4) is 5.88 Å². The van der Waals surface area contributed by atoms with E-state index in [1.54, 1.807) is 7.11 Å². The van der Waals surface area contributed by atoms with Crippen LogP contribution < -0.4 is 10.1 Å². The molecule has 0 amide bonds. The molecule has 0 aliphatic carbocycles. The topological polar surface area (TPSA) is 56.3 Å². The van der Waals surface area contributed by atoms with Crippen LogP contribution in [-0.4, -0.2) is 42.7 Å². The first-order chi connectivity index (χ1) is 7.79. The van der Waals surface area contributed by atoms with Crippen LogP contribution in [0.25, 0.3) is 0 Å². The summed E-state index contributed by atoms with van der Waals surface area (Å²) in [7, 11) is 1.59. The highest BCUT2D eigenvalue weighted by Crippen LogP contribution is 2.19. The summed E-state index contributed by atoms with van der Waals surface area (Å²) in [6.45, 7) is 3.74. The maximum atomic E-state index is 5.48. The molecule has 0 radical (unpaired) electrons. The Morgan fingerprint density at radius 2 is 2.19 bits per heavy atom. The normalized spacial score (nSPS) is 10.2. The zero-order chi connectivity index (χ0) is 11.8. The third-order valence-electron chi connectivity index (χ3n) is 1.99. The Kier molecular flexibility index (Phi) is 5.88. The summed E-state index contributed by atoms with van der Waals surface area (Å²) >= 11 is 5.48. The van der Waals surface area contributed by atoms with Gasteiger partial charge < -0.3 is 14.8 Å². The molecular weight excluding hydrogens is 230 g/mol. The fourth-order valence-electron chi connectivity index (χ4n) is 1.22. The van der Waals surface area contributed by atoms with E-state index in [0.717, 1.165) is 11.4 Å². The number of anilines is 1. The number of hydrogen-bond acceptors (Lipinski definition) is 5. The molecule has 1 N–H and O–H groups in total. The third-order valence-corrected chi connectivity index (χ3v) is 2.15. The molecule has 1 rings (SSSR count). The lowest BCUT2D eigenvalue weighted by molar-refractivity contribution is 0.160. The first-order valence-corrected chi connectivity index (χ1v) is 5.56. The molecule has 90 valence electrons. The minimum Gasteiger partial charge on any atom is -0.481 e. The van der Waals surface area contributed by atoms with Gasteiger partial charge in [-0.1, -0.05) is 0 Å². The van der Waals surface area contributed by atoms with Gasteiger partial charge in [-0.2, -0.15) is 0 Å². The molecule has 0 spiro atoms. The van der Waals surface area contributed by atoms with Crippen LogP contribution in [0.5, 0.6) is 5.88 Å². The Morgan fingerprint density at radius 3 is 2.88 bits per heavy atom. The summed E-state index contributed by atoms with van der Waals surface area (Å²) in [5.74, 6) is 1.86. The monoisotopic (exact) mass is 245 g/mol. The van der Waals surface area contributed by atoms with Crippen LogP contribution in [0.1, 0.15) is 5.56 Å². The highest BCUT2D eigenvalue weighted by Gasteiger charge is 2.05. The van der Waals surface area contributed by atoms with E-state index in [1.807, 2.05) is 6.92 Å². The molecule has 6 heteroatoms. The van der Waals surface area contributed by atoms with Gasteiger partial charge in [0.15, 0.2) is 0 Å². The van der Waals surface area contributed by atoms with Crippen molar-refractivity contribution in [1.29, 1.82) is 0 Å². The maximum absolute atomic E-state index is 5.48. The van der Waals surface area contributed by atoms with Crippen LogP contribution in [0.4, 0.5) is 5.82 Å². The Labute approximate surface area is 100 Å². The number of ether oxygens (including phenoxy) is 2. The van der Waals surface area contributed by atoms with Gasteiger partial charge in [0, 0.05) is 12.4 Å². The van der Waals surface area contributed by atoms with Gasteiger partial charge in [0.05, 0.1) is 25.9 Å². The van der Waals surface area contributed by atoms with Crippen LogP contribution >= 0.6 is 11.6 Å². The van der Waals surface area contributed by atoms with E-state index >= 15 is 0 Å². The molecule has 16 heavy (non-hydrogen) atoms. The number of halogens is 1. The maximum Gasteiger partial charge on any atom is 0.221 e. The van der Waals surface area contributed by atoms with E-state index in [4.69, 9.17) is 21.1 Å². The van der Waals surface area contributed by atoms with Crippen LogP contribution in [0.2, 0.25) is 0 Å². The van der Waals surface area contributed by atoms with Crippen LogP contribution in [0.3, 0.4) is 0 Å². The second-order valence-corrected chi connectivity index (χ2v) is 3.46. The average Bonchev–Trinajstić information content (AvgIpc) is 2.31. The van der Waals surface area contributed by atoms with Gasteiger partial charge in [0.2, 0.25) is 5.88 Å². The minimum absolute atomic E-state index is 0.514. The lowest BCUT2D eigenvalue weighted by Crippen LogP contribution is -2.12. The zero-order valence-corrected chi connectivity index (χ0v) is 10.3. The van der Waals surface area contributed by atoms with Crippen LogP contribution in [0.15, 0.2) is 6.33 Å². The van der Waals surface area contributed by atoms with Crippen molar-refractivity contribution in [2.45, 2.75) is 6.92 Å². The molecule has 1 aromatic heterocycles. The van der Waals surface area contributed by atoms with Crippen molar-refractivity contribution in [3.05, 3.63) is 11.9 Å². The molecule has 0 atom stereocenters. The summed E-state index contributed by atoms with van der Waals surface area (Å²) in [6.07, 6.45) is 1.47. The van der Waals surface area contributed by atoms with Crippen molar-refractivity contribution in [2.24, 2.45) is 0 Å². The summed E-state index contributed by atoms with van der Waals surface area (Å²) in [5.41, 5.74) is 0.891. The van der Waals surface area contributed by atoms with E-state index in [0.29, 0.717) is 31.5 Å². The number of rotatable bonds is 7. The van der Waals surface area contributed by atoms with Gasteiger partial charge in [-0.3, -0.25) is 0 Å². The number of nitrogens with zero attached hydrogens (tertiary/aromatic N) is 2. The molecular formula is C10H16ClN3O2. The molecule has 1 aromatic rings. The van der Waals surface area contributed by atoms with Crippen molar-refractivity contribution in [1.82, 2.24) is 9.97 Å². The first kappa shape index (κ1) is 13.0. The Balaban J connectivity index is 2.41. The summed E-state index contributed by atoms with van der Waals surface area (Å²) < 4.78 is 10.3. The lowest BCUT2D eigenvalue weighted by Gasteiger charge is -2.10. The Morgan fingerprint density at radius 1 is 1.38 bits per heavy atom. The average molecular weight is 246 g/mol. The molecule has 0 aliphatic heterocycles. The summed E-state index contributed by atoms with van der Waals surface area (Å²) in [5, 5.41) is 3.15. The van der Waals surface area contributed by atoms with E-state index in [2.05, 4.69) is 15.3 Å². The van der Waals surface area contributed by atoms with Crippen LogP contribution in [0, 0.1) is 6.92 Å². The number of methoxy groups -OCH3 is 1. The highest BCUT2D eigenvalue weighted by atomic mass is 35.5. The quantitative estimate of drug-likeness (QED) is 0.582. The van der Waals surface area contributed by atoms with Gasteiger partial charge in [0.25, 0.3) is 0 Å². The molecule has 1 heterocycles. The zero-order valence-electron chi connectivity index (χ0n) is 9.49. The molecule has 0 aliphatic rings. The van der Waals surface area contributed by atoms with E-state index < -0.39 is 0 Å². The number of alkyl halides is 1. The van der Waals surface area contributed by atoms with Crippen molar-refractivity contribution in [2.75, 3.05) is 38.1 Å². The van der Waals surface area contributed by atoms with Gasteiger partial charge >= 0.3 is 0 Å². The number of aromatic nitrogens is 2. The SMILES string of the molecule is COc1ncnc(NCCOCCCl)c1C. The molecule has 0 unspecified atom stereocenters. The second kappa shape index (κ2) is 7.24. The fraction of sp³-hybridized carbons (Fsp3) is 0.600. The first-order valence-electron chi connectivity index (χ1n) is 5.02. The lowest BCUT2D eigenvalue weighted by atomic mass is 10.3. The van der Waals surface area contributed by atoms with Gasteiger partial charge in [-0.15, -0.1) is 11.6 Å². The Bertz CT molecular complexity index is 323. The van der Waals surface area contributed by atoms with E-state index in [9.17, 15) is 0 Å². The molecule has 0 aromatic carbocycles. The predicted octanol–water partition coefficient (Wildman–Crippen LogP) is 1.46. The van der Waals surface area contributed by atoms with Crippen LogP contribution in [-0.2, 0) is 4.74 Å². The number of hydrogen-bond donors (Lipinski definition) is 1. The van der Waals surface area contributed by atoms with E-state index in [-0.39, 0.29) is 0 Å². The molecule has 0 bridgehead atoms. The van der Waals surface area contributed by atoms with E-state index in [1.165, 1.54) is 6.33 Å². The molecule has 0 saturated heterocycles. The molecule has 0 saturated carbocycles. The smallest absolute Gasteiger partial charge is 0.221 e. The standard InChI is InChI=1S/C10H16ClN3O2/c1-8-9(12-4-6-16-5-3-11)13-7-14-10(8)15-2/h7H,3-6H2,1-2H3,(H,12,13,14). The second-order valence-electron chi connectivity index (χ2n) is 3.08. The fourth-order valence-corrected chi connectivity index (χ4v) is 1.33. The number of nitrogens with one attached hydrogen (secondary N) is 1. The largest absolute Gasteiger partial charge is 0.481 e. The van der Waals surface area contributed by atoms with Gasteiger partial charge in [0.1, 0.15) is 12.1 Å². The van der Waals surface area contributed by atoms with Gasteiger partial charge in [-0.05, 0) is 6.92 Å². The van der Waals surface area contributed by atoms with Crippen molar-refractivity contribution in [3.63, 3.8) is 0 Å². The molecule has 0 fully saturated rings. The summed E-state index contributed by atoms with van der Waals surface area (Å²) in [6, 6.07) is 0.